The molecule has 2 rings (SSSR count). The molecule has 0 bridgehead atoms. The Kier molecular flexibility index (Phi) is 5.23. The number of nitrogens with zero attached hydrogens (tertiary/aromatic N) is 1. The van der Waals surface area contributed by atoms with Gasteiger partial charge in [-0.1, -0.05) is 12.1 Å². The molecule has 0 amide bonds. The molecule has 2 atom stereocenters. The largest absolute Gasteiger partial charge is 0.497 e. The van der Waals surface area contributed by atoms with Crippen LogP contribution in [0.5, 0.6) is 5.75 Å². The molecule has 1 saturated heterocycles. The van der Waals surface area contributed by atoms with Crippen molar-refractivity contribution in [2.24, 2.45) is 5.92 Å². The lowest BCUT2D eigenvalue weighted by Crippen LogP contribution is -2.43. The number of methoxy groups -OCH3 is 1. The molecule has 0 spiro atoms. The summed E-state index contributed by atoms with van der Waals surface area (Å²) < 4.78 is 5.20. The normalized spacial score (nSPS) is 22.2. The number of hydrogen-bond acceptors (Lipinski definition) is 3. The topological polar surface area (TPSA) is 24.5 Å². The van der Waals surface area contributed by atoms with Crippen LogP contribution in [-0.4, -0.2) is 38.2 Å². The van der Waals surface area contributed by atoms with Gasteiger partial charge >= 0.3 is 0 Å². The minimum absolute atomic E-state index is 0.610. The molecule has 19 heavy (non-hydrogen) atoms. The highest BCUT2D eigenvalue weighted by Crippen LogP contribution is 2.22. The van der Waals surface area contributed by atoms with E-state index in [1.165, 1.54) is 31.5 Å². The Balaban J connectivity index is 1.90. The molecule has 0 saturated carbocycles. The lowest BCUT2D eigenvalue weighted by Gasteiger charge is -2.35. The fraction of sp³-hybridized carbons (Fsp3) is 0.625. The minimum atomic E-state index is 0.610. The molecule has 1 aromatic rings. The van der Waals surface area contributed by atoms with Crippen molar-refractivity contribution in [3.05, 3.63) is 29.8 Å². The Morgan fingerprint density at radius 3 is 2.74 bits per heavy atom. The zero-order valence-corrected chi connectivity index (χ0v) is 12.4. The van der Waals surface area contributed by atoms with Crippen molar-refractivity contribution < 1.29 is 4.74 Å². The Morgan fingerprint density at radius 1 is 1.37 bits per heavy atom. The summed E-state index contributed by atoms with van der Waals surface area (Å²) in [7, 11) is 3.77. The molecule has 2 unspecified atom stereocenters. The molecule has 106 valence electrons. The van der Waals surface area contributed by atoms with Gasteiger partial charge in [-0.2, -0.15) is 0 Å². The lowest BCUT2D eigenvalue weighted by atomic mass is 9.91. The molecule has 3 heteroatoms. The SMILES string of the molecule is CNC(C)C1CCCN(Cc2ccc(OC)cc2)C1. The molecule has 1 aromatic carbocycles. The van der Waals surface area contributed by atoms with Crippen LogP contribution in [0, 0.1) is 5.92 Å². The molecular formula is C16H26N2O. The molecule has 1 aliphatic rings. The average Bonchev–Trinajstić information content (AvgIpc) is 2.47. The first-order valence-corrected chi connectivity index (χ1v) is 7.25. The van der Waals surface area contributed by atoms with E-state index in [-0.39, 0.29) is 0 Å². The van der Waals surface area contributed by atoms with Gasteiger partial charge in [-0.25, -0.2) is 0 Å². The van der Waals surface area contributed by atoms with E-state index >= 15 is 0 Å². The maximum Gasteiger partial charge on any atom is 0.118 e. The Morgan fingerprint density at radius 2 is 2.11 bits per heavy atom. The molecular weight excluding hydrogens is 236 g/mol. The van der Waals surface area contributed by atoms with Crippen LogP contribution < -0.4 is 10.1 Å². The smallest absolute Gasteiger partial charge is 0.118 e. The van der Waals surface area contributed by atoms with Crippen LogP contribution in [0.3, 0.4) is 0 Å². The van der Waals surface area contributed by atoms with Crippen LogP contribution in [0.2, 0.25) is 0 Å². The van der Waals surface area contributed by atoms with E-state index in [1.54, 1.807) is 7.11 Å². The van der Waals surface area contributed by atoms with Crippen LogP contribution in [0.4, 0.5) is 0 Å². The number of hydrogen-bond donors (Lipinski definition) is 1. The van der Waals surface area contributed by atoms with E-state index in [0.29, 0.717) is 6.04 Å². The molecule has 0 radical (unpaired) electrons. The summed E-state index contributed by atoms with van der Waals surface area (Å²) in [6.07, 6.45) is 2.66. The van der Waals surface area contributed by atoms with Crippen LogP contribution in [0.1, 0.15) is 25.3 Å². The second-order valence-corrected chi connectivity index (χ2v) is 5.56. The Labute approximate surface area is 116 Å². The first kappa shape index (κ1) is 14.4. The van der Waals surface area contributed by atoms with Crippen LogP contribution in [-0.2, 0) is 6.54 Å². The van der Waals surface area contributed by atoms with Gasteiger partial charge in [0.15, 0.2) is 0 Å². The Bertz CT molecular complexity index is 377. The maximum absolute atomic E-state index is 5.20. The van der Waals surface area contributed by atoms with Crippen LogP contribution in [0.25, 0.3) is 0 Å². The second-order valence-electron chi connectivity index (χ2n) is 5.56. The Hall–Kier alpha value is -1.06. The van der Waals surface area contributed by atoms with Gasteiger partial charge in [0.1, 0.15) is 5.75 Å². The molecule has 1 heterocycles. The van der Waals surface area contributed by atoms with Gasteiger partial charge in [0.05, 0.1) is 7.11 Å². The summed E-state index contributed by atoms with van der Waals surface area (Å²) in [4.78, 5) is 2.57. The zero-order valence-electron chi connectivity index (χ0n) is 12.4. The first-order valence-electron chi connectivity index (χ1n) is 7.25. The summed E-state index contributed by atoms with van der Waals surface area (Å²) in [5, 5.41) is 3.39. The van der Waals surface area contributed by atoms with Gasteiger partial charge in [0.2, 0.25) is 0 Å². The molecule has 3 nitrogen and oxygen atoms in total. The van der Waals surface area contributed by atoms with Crippen molar-refractivity contribution in [2.75, 3.05) is 27.2 Å². The van der Waals surface area contributed by atoms with E-state index < -0.39 is 0 Å². The summed E-state index contributed by atoms with van der Waals surface area (Å²) in [5.74, 6) is 1.71. The molecule has 1 N–H and O–H groups in total. The van der Waals surface area contributed by atoms with Gasteiger partial charge < -0.3 is 10.1 Å². The van der Waals surface area contributed by atoms with Crippen LogP contribution in [0.15, 0.2) is 24.3 Å². The van der Waals surface area contributed by atoms with Gasteiger partial charge in [-0.05, 0) is 57.0 Å². The van der Waals surface area contributed by atoms with E-state index in [9.17, 15) is 0 Å². The predicted octanol–water partition coefficient (Wildman–Crippen LogP) is 2.52. The summed E-state index contributed by atoms with van der Waals surface area (Å²) in [5.41, 5.74) is 1.37. The minimum Gasteiger partial charge on any atom is -0.497 e. The third-order valence-electron chi connectivity index (χ3n) is 4.27. The molecule has 0 aliphatic carbocycles. The average molecular weight is 262 g/mol. The summed E-state index contributed by atoms with van der Waals surface area (Å²) in [6, 6.07) is 9.05. The predicted molar refractivity (Wildman–Crippen MR) is 79.5 cm³/mol. The highest BCUT2D eigenvalue weighted by atomic mass is 16.5. The van der Waals surface area contributed by atoms with Gasteiger partial charge in [-0.3, -0.25) is 4.90 Å². The number of rotatable bonds is 5. The first-order chi connectivity index (χ1) is 9.22. The number of likely N-dealkylation sites (tertiary alicyclic amines) is 1. The molecule has 0 aromatic heterocycles. The van der Waals surface area contributed by atoms with Gasteiger partial charge in [0.25, 0.3) is 0 Å². The lowest BCUT2D eigenvalue weighted by molar-refractivity contribution is 0.147. The van der Waals surface area contributed by atoms with Gasteiger partial charge in [-0.15, -0.1) is 0 Å². The third-order valence-corrected chi connectivity index (χ3v) is 4.27. The summed E-state index contributed by atoms with van der Waals surface area (Å²) >= 11 is 0. The van der Waals surface area contributed by atoms with Crippen molar-refractivity contribution in [2.45, 2.75) is 32.4 Å². The van der Waals surface area contributed by atoms with E-state index in [1.807, 2.05) is 12.1 Å². The van der Waals surface area contributed by atoms with Crippen molar-refractivity contribution >= 4 is 0 Å². The third kappa shape index (κ3) is 3.95. The fourth-order valence-corrected chi connectivity index (χ4v) is 2.87. The van der Waals surface area contributed by atoms with E-state index in [4.69, 9.17) is 4.74 Å². The van der Waals surface area contributed by atoms with Crippen molar-refractivity contribution in [3.63, 3.8) is 0 Å². The van der Waals surface area contributed by atoms with E-state index in [0.717, 1.165) is 18.2 Å². The standard InChI is InChI=1S/C16H26N2O/c1-13(17-2)15-5-4-10-18(12-15)11-14-6-8-16(19-3)9-7-14/h6-9,13,15,17H,4-5,10-12H2,1-3H3. The second kappa shape index (κ2) is 6.92. The van der Waals surface area contributed by atoms with Crippen molar-refractivity contribution in [1.29, 1.82) is 0 Å². The number of nitrogens with one attached hydrogen (secondary N) is 1. The highest BCUT2D eigenvalue weighted by molar-refractivity contribution is 5.27. The molecule has 1 aliphatic heterocycles. The van der Waals surface area contributed by atoms with Crippen LogP contribution >= 0.6 is 0 Å². The van der Waals surface area contributed by atoms with E-state index in [2.05, 4.69) is 36.3 Å². The zero-order chi connectivity index (χ0) is 13.7. The van der Waals surface area contributed by atoms with Gasteiger partial charge in [0, 0.05) is 19.1 Å². The van der Waals surface area contributed by atoms with Crippen molar-refractivity contribution in [3.8, 4) is 5.75 Å². The summed E-state index contributed by atoms with van der Waals surface area (Å²) in [6.45, 7) is 5.77. The maximum atomic E-state index is 5.20. The number of ether oxygens (including phenoxy) is 1. The monoisotopic (exact) mass is 262 g/mol. The molecule has 1 fully saturated rings. The number of piperidine rings is 1. The van der Waals surface area contributed by atoms with Crippen molar-refractivity contribution in [1.82, 2.24) is 10.2 Å². The number of benzene rings is 1. The fourth-order valence-electron chi connectivity index (χ4n) is 2.87. The highest BCUT2D eigenvalue weighted by Gasteiger charge is 2.23. The quantitative estimate of drug-likeness (QED) is 0.882.